The first-order valence-electron chi connectivity index (χ1n) is 6.54. The van der Waals surface area contributed by atoms with Gasteiger partial charge in [-0.1, -0.05) is 24.3 Å². The molecule has 2 unspecified atom stereocenters. The molecule has 1 aliphatic carbocycles. The van der Waals surface area contributed by atoms with E-state index in [1.807, 2.05) is 5.51 Å². The van der Waals surface area contributed by atoms with Crippen LogP contribution in [0.3, 0.4) is 0 Å². The standard InChI is InChI=1S/C15H18N2S/c1-11(15-9-18-10-16-15)17-14-7-6-12-4-2-3-5-13(12)8-14/h2-5,9-11,14,17H,6-8H2,1H3. The summed E-state index contributed by atoms with van der Waals surface area (Å²) in [6.07, 6.45) is 3.56. The summed E-state index contributed by atoms with van der Waals surface area (Å²) in [4.78, 5) is 4.38. The Hall–Kier alpha value is -1.19. The topological polar surface area (TPSA) is 24.9 Å². The van der Waals surface area contributed by atoms with Crippen molar-refractivity contribution >= 4 is 11.3 Å². The van der Waals surface area contributed by atoms with Crippen LogP contribution in [-0.2, 0) is 12.8 Å². The molecule has 0 bridgehead atoms. The molecule has 1 aromatic carbocycles. The highest BCUT2D eigenvalue weighted by molar-refractivity contribution is 7.07. The minimum Gasteiger partial charge on any atom is -0.306 e. The van der Waals surface area contributed by atoms with Crippen molar-refractivity contribution in [2.24, 2.45) is 0 Å². The van der Waals surface area contributed by atoms with Crippen molar-refractivity contribution in [3.63, 3.8) is 0 Å². The van der Waals surface area contributed by atoms with E-state index in [1.54, 1.807) is 11.3 Å². The average Bonchev–Trinajstić information content (AvgIpc) is 2.92. The molecule has 94 valence electrons. The molecule has 0 fully saturated rings. The molecule has 1 aromatic heterocycles. The molecule has 3 rings (SSSR count). The van der Waals surface area contributed by atoms with Gasteiger partial charge in [-0.25, -0.2) is 4.98 Å². The first-order valence-corrected chi connectivity index (χ1v) is 7.48. The molecule has 1 heterocycles. The molecule has 2 aromatic rings. The molecule has 18 heavy (non-hydrogen) atoms. The van der Waals surface area contributed by atoms with Crippen molar-refractivity contribution in [3.8, 4) is 0 Å². The number of rotatable bonds is 3. The second kappa shape index (κ2) is 5.21. The average molecular weight is 258 g/mol. The van der Waals surface area contributed by atoms with E-state index in [4.69, 9.17) is 0 Å². The van der Waals surface area contributed by atoms with Crippen LogP contribution in [-0.4, -0.2) is 11.0 Å². The maximum absolute atomic E-state index is 4.38. The van der Waals surface area contributed by atoms with E-state index in [9.17, 15) is 0 Å². The number of thiazole rings is 1. The van der Waals surface area contributed by atoms with Crippen molar-refractivity contribution in [1.82, 2.24) is 10.3 Å². The molecule has 3 heteroatoms. The van der Waals surface area contributed by atoms with Crippen molar-refractivity contribution in [2.75, 3.05) is 0 Å². The van der Waals surface area contributed by atoms with E-state index in [2.05, 4.69) is 46.9 Å². The minimum atomic E-state index is 0.353. The third-order valence-electron chi connectivity index (χ3n) is 3.73. The van der Waals surface area contributed by atoms with Gasteiger partial charge in [0.05, 0.1) is 11.2 Å². The zero-order valence-corrected chi connectivity index (χ0v) is 11.4. The van der Waals surface area contributed by atoms with Crippen LogP contribution in [0.4, 0.5) is 0 Å². The van der Waals surface area contributed by atoms with Gasteiger partial charge in [-0.3, -0.25) is 0 Å². The monoisotopic (exact) mass is 258 g/mol. The van der Waals surface area contributed by atoms with Gasteiger partial charge in [0, 0.05) is 17.5 Å². The Balaban J connectivity index is 1.66. The number of fused-ring (bicyclic) bond motifs is 1. The van der Waals surface area contributed by atoms with Crippen LogP contribution in [0.2, 0.25) is 0 Å². The van der Waals surface area contributed by atoms with Gasteiger partial charge in [0.25, 0.3) is 0 Å². The molecule has 0 saturated carbocycles. The van der Waals surface area contributed by atoms with Crippen LogP contribution in [0.1, 0.15) is 36.2 Å². The zero-order chi connectivity index (χ0) is 12.4. The fourth-order valence-corrected chi connectivity index (χ4v) is 3.36. The minimum absolute atomic E-state index is 0.353. The van der Waals surface area contributed by atoms with Gasteiger partial charge in [0.15, 0.2) is 0 Å². The lowest BCUT2D eigenvalue weighted by atomic mass is 9.88. The second-order valence-corrected chi connectivity index (χ2v) is 5.73. The molecular formula is C15H18N2S. The van der Waals surface area contributed by atoms with Crippen LogP contribution in [0, 0.1) is 0 Å². The fraction of sp³-hybridized carbons (Fsp3) is 0.400. The number of nitrogens with zero attached hydrogens (tertiary/aromatic N) is 1. The Morgan fingerprint density at radius 1 is 1.33 bits per heavy atom. The molecule has 0 saturated heterocycles. The Morgan fingerprint density at radius 2 is 2.17 bits per heavy atom. The SMILES string of the molecule is CC(NC1CCc2ccccc2C1)c1cscn1. The molecule has 0 aliphatic heterocycles. The summed E-state index contributed by atoms with van der Waals surface area (Å²) in [6.45, 7) is 2.20. The van der Waals surface area contributed by atoms with Crippen LogP contribution in [0.5, 0.6) is 0 Å². The van der Waals surface area contributed by atoms with Crippen molar-refractivity contribution in [2.45, 2.75) is 38.3 Å². The highest BCUT2D eigenvalue weighted by Crippen LogP contribution is 2.23. The molecular weight excluding hydrogens is 240 g/mol. The van der Waals surface area contributed by atoms with Gasteiger partial charge in [-0.15, -0.1) is 11.3 Å². The molecule has 0 radical (unpaired) electrons. The zero-order valence-electron chi connectivity index (χ0n) is 10.6. The Morgan fingerprint density at radius 3 is 2.94 bits per heavy atom. The summed E-state index contributed by atoms with van der Waals surface area (Å²) in [7, 11) is 0. The number of benzene rings is 1. The lowest BCUT2D eigenvalue weighted by molar-refractivity contribution is 0.410. The number of nitrogens with one attached hydrogen (secondary N) is 1. The van der Waals surface area contributed by atoms with Crippen LogP contribution >= 0.6 is 11.3 Å². The van der Waals surface area contributed by atoms with Gasteiger partial charge < -0.3 is 5.32 Å². The molecule has 1 aliphatic rings. The predicted octanol–water partition coefficient (Wildman–Crippen LogP) is 3.35. The van der Waals surface area contributed by atoms with Gasteiger partial charge >= 0.3 is 0 Å². The number of aromatic nitrogens is 1. The highest BCUT2D eigenvalue weighted by Gasteiger charge is 2.20. The number of aryl methyl sites for hydroxylation is 1. The number of hydrogen-bond acceptors (Lipinski definition) is 3. The maximum Gasteiger partial charge on any atom is 0.0795 e. The largest absolute Gasteiger partial charge is 0.306 e. The quantitative estimate of drug-likeness (QED) is 0.913. The van der Waals surface area contributed by atoms with Crippen LogP contribution in [0.15, 0.2) is 35.2 Å². The summed E-state index contributed by atoms with van der Waals surface area (Å²) in [5.41, 5.74) is 6.10. The second-order valence-electron chi connectivity index (χ2n) is 5.01. The molecule has 2 atom stereocenters. The van der Waals surface area contributed by atoms with E-state index < -0.39 is 0 Å². The molecule has 0 amide bonds. The van der Waals surface area contributed by atoms with Gasteiger partial charge in [0.2, 0.25) is 0 Å². The summed E-state index contributed by atoms with van der Waals surface area (Å²) in [5.74, 6) is 0. The first-order chi connectivity index (χ1) is 8.83. The summed E-state index contributed by atoms with van der Waals surface area (Å²) >= 11 is 1.67. The van der Waals surface area contributed by atoms with Crippen LogP contribution in [0.25, 0.3) is 0 Å². The number of hydrogen-bond donors (Lipinski definition) is 1. The van der Waals surface area contributed by atoms with Crippen molar-refractivity contribution in [3.05, 3.63) is 52.0 Å². The van der Waals surface area contributed by atoms with E-state index in [1.165, 1.54) is 29.7 Å². The Bertz CT molecular complexity index is 507. The fourth-order valence-electron chi connectivity index (χ4n) is 2.71. The van der Waals surface area contributed by atoms with E-state index in [-0.39, 0.29) is 0 Å². The predicted molar refractivity (Wildman–Crippen MR) is 75.9 cm³/mol. The van der Waals surface area contributed by atoms with E-state index >= 15 is 0 Å². The highest BCUT2D eigenvalue weighted by atomic mass is 32.1. The van der Waals surface area contributed by atoms with Crippen LogP contribution < -0.4 is 5.32 Å². The van der Waals surface area contributed by atoms with Crippen molar-refractivity contribution < 1.29 is 0 Å². The first kappa shape index (κ1) is 11.9. The molecule has 0 spiro atoms. The third-order valence-corrected chi connectivity index (χ3v) is 4.33. The Kier molecular flexibility index (Phi) is 3.43. The van der Waals surface area contributed by atoms with Crippen molar-refractivity contribution in [1.29, 1.82) is 0 Å². The van der Waals surface area contributed by atoms with E-state index in [0.717, 1.165) is 6.42 Å². The van der Waals surface area contributed by atoms with Gasteiger partial charge in [-0.05, 0) is 37.3 Å². The third kappa shape index (κ3) is 2.47. The van der Waals surface area contributed by atoms with Gasteiger partial charge in [0.1, 0.15) is 0 Å². The lowest BCUT2D eigenvalue weighted by Crippen LogP contribution is -2.36. The van der Waals surface area contributed by atoms with E-state index in [0.29, 0.717) is 12.1 Å². The summed E-state index contributed by atoms with van der Waals surface area (Å²) in [6, 6.07) is 9.74. The summed E-state index contributed by atoms with van der Waals surface area (Å²) in [5, 5.41) is 5.84. The normalized spacial score (nSPS) is 20.4. The maximum atomic E-state index is 4.38. The lowest BCUT2D eigenvalue weighted by Gasteiger charge is -2.28. The van der Waals surface area contributed by atoms with Gasteiger partial charge in [-0.2, -0.15) is 0 Å². The molecule has 1 N–H and O–H groups in total. The smallest absolute Gasteiger partial charge is 0.0795 e. The molecule has 2 nitrogen and oxygen atoms in total. The summed E-state index contributed by atoms with van der Waals surface area (Å²) < 4.78 is 0. The Labute approximate surface area is 112 Å².